The number of hydrogen-bond donors (Lipinski definition) is 3. The highest BCUT2D eigenvalue weighted by molar-refractivity contribution is 5.90. The summed E-state index contributed by atoms with van der Waals surface area (Å²) in [7, 11) is 0. The number of fused-ring (bicyclic) bond motifs is 1. The Morgan fingerprint density at radius 3 is 2.74 bits per heavy atom. The molecule has 0 unspecified atom stereocenters. The van der Waals surface area contributed by atoms with Crippen LogP contribution in [0.5, 0.6) is 0 Å². The lowest BCUT2D eigenvalue weighted by Gasteiger charge is -2.11. The van der Waals surface area contributed by atoms with E-state index in [1.165, 1.54) is 12.1 Å². The molecule has 0 amide bonds. The molecule has 0 aliphatic heterocycles. The number of aromatic nitrogens is 2. The summed E-state index contributed by atoms with van der Waals surface area (Å²) in [5.41, 5.74) is 1.37. The molecule has 2 aromatic carbocycles. The Morgan fingerprint density at radius 2 is 1.91 bits per heavy atom. The van der Waals surface area contributed by atoms with Gasteiger partial charge in [0.25, 0.3) is 0 Å². The third-order valence-electron chi connectivity index (χ3n) is 3.31. The number of benzene rings is 2. The number of aliphatic hydroxyl groups is 1. The number of anilines is 3. The summed E-state index contributed by atoms with van der Waals surface area (Å²) in [6.45, 7) is 0.724. The summed E-state index contributed by atoms with van der Waals surface area (Å²) >= 11 is 0. The second-order valence-electron chi connectivity index (χ2n) is 5.05. The van der Waals surface area contributed by atoms with E-state index >= 15 is 0 Å². The molecule has 0 saturated carbocycles. The average molecular weight is 312 g/mol. The number of nitrogens with zero attached hydrogens (tertiary/aromatic N) is 2. The van der Waals surface area contributed by atoms with Gasteiger partial charge in [-0.05, 0) is 36.8 Å². The lowest BCUT2D eigenvalue weighted by Crippen LogP contribution is -2.08. The summed E-state index contributed by atoms with van der Waals surface area (Å²) in [6, 6.07) is 13.8. The standard InChI is InChI=1S/C17H17FN4O/c18-12-5-3-6-13(11-12)20-17-21-15-8-2-1-7-14(15)16(22-17)19-9-4-10-23/h1-3,5-8,11,23H,4,9-10H2,(H2,19,20,21,22). The van der Waals surface area contributed by atoms with E-state index in [0.29, 0.717) is 30.4 Å². The van der Waals surface area contributed by atoms with Gasteiger partial charge in [0, 0.05) is 24.2 Å². The molecule has 0 aliphatic rings. The molecule has 23 heavy (non-hydrogen) atoms. The molecule has 0 saturated heterocycles. The molecule has 1 aromatic heterocycles. The lowest BCUT2D eigenvalue weighted by atomic mass is 10.2. The maximum atomic E-state index is 13.3. The molecule has 0 atom stereocenters. The summed E-state index contributed by atoms with van der Waals surface area (Å²) < 4.78 is 13.3. The zero-order valence-electron chi connectivity index (χ0n) is 12.5. The van der Waals surface area contributed by atoms with Gasteiger partial charge in [0.15, 0.2) is 0 Å². The third-order valence-corrected chi connectivity index (χ3v) is 3.31. The minimum absolute atomic E-state index is 0.115. The van der Waals surface area contributed by atoms with E-state index in [0.717, 1.165) is 10.9 Å². The van der Waals surface area contributed by atoms with E-state index < -0.39 is 0 Å². The molecule has 3 N–H and O–H groups in total. The Morgan fingerprint density at radius 1 is 1.04 bits per heavy atom. The Labute approximate surface area is 133 Å². The van der Waals surface area contributed by atoms with Crippen molar-refractivity contribution in [3.63, 3.8) is 0 Å². The predicted molar refractivity (Wildman–Crippen MR) is 89.4 cm³/mol. The van der Waals surface area contributed by atoms with Gasteiger partial charge in [-0.25, -0.2) is 9.37 Å². The van der Waals surface area contributed by atoms with Gasteiger partial charge in [0.2, 0.25) is 5.95 Å². The molecule has 0 fully saturated rings. The fourth-order valence-electron chi connectivity index (χ4n) is 2.25. The van der Waals surface area contributed by atoms with Crippen molar-refractivity contribution in [1.82, 2.24) is 9.97 Å². The second-order valence-corrected chi connectivity index (χ2v) is 5.05. The number of hydrogen-bond acceptors (Lipinski definition) is 5. The monoisotopic (exact) mass is 312 g/mol. The molecule has 0 radical (unpaired) electrons. The molecule has 0 spiro atoms. The number of para-hydroxylation sites is 1. The van der Waals surface area contributed by atoms with E-state index in [2.05, 4.69) is 20.6 Å². The minimum atomic E-state index is -0.322. The van der Waals surface area contributed by atoms with Gasteiger partial charge in [0.05, 0.1) is 5.52 Å². The number of halogens is 1. The molecule has 0 bridgehead atoms. The minimum Gasteiger partial charge on any atom is -0.396 e. The van der Waals surface area contributed by atoms with Crippen LogP contribution in [0, 0.1) is 5.82 Å². The van der Waals surface area contributed by atoms with E-state index in [-0.39, 0.29) is 12.4 Å². The van der Waals surface area contributed by atoms with Crippen molar-refractivity contribution in [3.8, 4) is 0 Å². The van der Waals surface area contributed by atoms with Crippen LogP contribution in [0.4, 0.5) is 21.8 Å². The van der Waals surface area contributed by atoms with E-state index in [1.807, 2.05) is 24.3 Å². The maximum Gasteiger partial charge on any atom is 0.229 e. The van der Waals surface area contributed by atoms with E-state index in [4.69, 9.17) is 5.11 Å². The molecule has 118 valence electrons. The van der Waals surface area contributed by atoms with Crippen LogP contribution in [0.25, 0.3) is 10.9 Å². The van der Waals surface area contributed by atoms with E-state index in [1.54, 1.807) is 12.1 Å². The maximum absolute atomic E-state index is 13.3. The largest absolute Gasteiger partial charge is 0.396 e. The van der Waals surface area contributed by atoms with Gasteiger partial charge in [-0.3, -0.25) is 0 Å². The van der Waals surface area contributed by atoms with Crippen molar-refractivity contribution < 1.29 is 9.50 Å². The smallest absolute Gasteiger partial charge is 0.229 e. The van der Waals surface area contributed by atoms with Crippen molar-refractivity contribution in [1.29, 1.82) is 0 Å². The Balaban J connectivity index is 1.93. The van der Waals surface area contributed by atoms with Crippen LogP contribution in [0.3, 0.4) is 0 Å². The first-order valence-corrected chi connectivity index (χ1v) is 7.40. The van der Waals surface area contributed by atoms with Crippen LogP contribution in [-0.2, 0) is 0 Å². The van der Waals surface area contributed by atoms with Crippen molar-refractivity contribution in [2.75, 3.05) is 23.8 Å². The lowest BCUT2D eigenvalue weighted by molar-refractivity contribution is 0.292. The summed E-state index contributed by atoms with van der Waals surface area (Å²) in [5.74, 6) is 0.751. The van der Waals surface area contributed by atoms with Gasteiger partial charge >= 0.3 is 0 Å². The van der Waals surface area contributed by atoms with Gasteiger partial charge in [-0.15, -0.1) is 0 Å². The fourth-order valence-corrected chi connectivity index (χ4v) is 2.25. The zero-order chi connectivity index (χ0) is 16.1. The topological polar surface area (TPSA) is 70.1 Å². The molecular weight excluding hydrogens is 295 g/mol. The van der Waals surface area contributed by atoms with Crippen LogP contribution < -0.4 is 10.6 Å². The van der Waals surface area contributed by atoms with Crippen LogP contribution >= 0.6 is 0 Å². The van der Waals surface area contributed by atoms with Crippen molar-refractivity contribution in [2.24, 2.45) is 0 Å². The zero-order valence-corrected chi connectivity index (χ0v) is 12.5. The molecule has 0 aliphatic carbocycles. The Bertz CT molecular complexity index is 809. The number of rotatable bonds is 6. The Kier molecular flexibility index (Phi) is 4.63. The Hall–Kier alpha value is -2.73. The predicted octanol–water partition coefficient (Wildman–Crippen LogP) is 3.31. The summed E-state index contributed by atoms with van der Waals surface area (Å²) in [5, 5.41) is 16.0. The first kappa shape index (κ1) is 15.2. The highest BCUT2D eigenvalue weighted by atomic mass is 19.1. The highest BCUT2D eigenvalue weighted by Crippen LogP contribution is 2.23. The fraction of sp³-hybridized carbons (Fsp3) is 0.176. The molecule has 6 heteroatoms. The van der Waals surface area contributed by atoms with Crippen LogP contribution in [-0.4, -0.2) is 28.2 Å². The van der Waals surface area contributed by atoms with Gasteiger partial charge in [-0.2, -0.15) is 4.98 Å². The van der Waals surface area contributed by atoms with Gasteiger partial charge in [0.1, 0.15) is 11.6 Å². The quantitative estimate of drug-likeness (QED) is 0.609. The first-order valence-electron chi connectivity index (χ1n) is 7.40. The molecule has 3 aromatic rings. The average Bonchev–Trinajstić information content (AvgIpc) is 2.55. The molecular formula is C17H17FN4O. The normalized spacial score (nSPS) is 10.7. The van der Waals surface area contributed by atoms with Gasteiger partial charge in [-0.1, -0.05) is 18.2 Å². The second kappa shape index (κ2) is 7.02. The van der Waals surface area contributed by atoms with E-state index in [9.17, 15) is 4.39 Å². The van der Waals surface area contributed by atoms with Crippen LogP contribution in [0.1, 0.15) is 6.42 Å². The number of nitrogens with one attached hydrogen (secondary N) is 2. The summed E-state index contributed by atoms with van der Waals surface area (Å²) in [6.07, 6.45) is 0.630. The van der Waals surface area contributed by atoms with Crippen molar-refractivity contribution in [3.05, 3.63) is 54.3 Å². The number of aliphatic hydroxyl groups excluding tert-OH is 1. The summed E-state index contributed by atoms with van der Waals surface area (Å²) in [4.78, 5) is 8.92. The van der Waals surface area contributed by atoms with Crippen LogP contribution in [0.15, 0.2) is 48.5 Å². The molecule has 5 nitrogen and oxygen atoms in total. The van der Waals surface area contributed by atoms with Crippen molar-refractivity contribution in [2.45, 2.75) is 6.42 Å². The molecule has 1 heterocycles. The van der Waals surface area contributed by atoms with Crippen molar-refractivity contribution >= 4 is 28.4 Å². The highest BCUT2D eigenvalue weighted by Gasteiger charge is 2.07. The van der Waals surface area contributed by atoms with Crippen LogP contribution in [0.2, 0.25) is 0 Å². The van der Waals surface area contributed by atoms with Gasteiger partial charge < -0.3 is 15.7 Å². The molecule has 3 rings (SSSR count). The third kappa shape index (κ3) is 3.73. The SMILES string of the molecule is OCCCNc1nc(Nc2cccc(F)c2)nc2ccccc12. The first-order chi connectivity index (χ1) is 11.3.